The molecule has 1 fully saturated rings. The molecule has 0 aliphatic carbocycles. The number of ether oxygens (including phenoxy) is 1. The summed E-state index contributed by atoms with van der Waals surface area (Å²) in [6.45, 7) is 2.72. The Labute approximate surface area is 107 Å². The number of carbonyl (C=O) groups is 3. The van der Waals surface area contributed by atoms with Crippen molar-refractivity contribution in [1.29, 1.82) is 0 Å². The molecule has 0 saturated carbocycles. The van der Waals surface area contributed by atoms with Gasteiger partial charge in [-0.3, -0.25) is 4.79 Å². The van der Waals surface area contributed by atoms with Gasteiger partial charge in [0.25, 0.3) is 0 Å². The number of piperidine rings is 1. The van der Waals surface area contributed by atoms with Crippen molar-refractivity contribution < 1.29 is 19.1 Å². The zero-order valence-corrected chi connectivity index (χ0v) is 10.9. The lowest BCUT2D eigenvalue weighted by molar-refractivity contribution is -0.133. The number of hydrogen-bond donors (Lipinski definition) is 1. The molecule has 102 valence electrons. The zero-order valence-electron chi connectivity index (χ0n) is 10.9. The van der Waals surface area contributed by atoms with E-state index in [0.717, 1.165) is 12.8 Å². The van der Waals surface area contributed by atoms with Crippen LogP contribution in [0, 0.1) is 0 Å². The van der Waals surface area contributed by atoms with Gasteiger partial charge in [0.15, 0.2) is 0 Å². The zero-order chi connectivity index (χ0) is 13.5. The van der Waals surface area contributed by atoms with E-state index in [2.05, 4.69) is 10.1 Å². The fraction of sp³-hybridized carbons (Fsp3) is 0.750. The molecule has 1 rings (SSSR count). The maximum absolute atomic E-state index is 11.7. The highest BCUT2D eigenvalue weighted by Crippen LogP contribution is 2.12. The highest BCUT2D eigenvalue weighted by molar-refractivity contribution is 5.83. The molecule has 0 atom stereocenters. The van der Waals surface area contributed by atoms with Crippen molar-refractivity contribution >= 4 is 17.8 Å². The van der Waals surface area contributed by atoms with Crippen LogP contribution in [0.3, 0.4) is 0 Å². The second-order valence-electron chi connectivity index (χ2n) is 4.49. The van der Waals surface area contributed by atoms with Gasteiger partial charge in [-0.25, -0.2) is 4.79 Å². The van der Waals surface area contributed by atoms with Gasteiger partial charge in [-0.15, -0.1) is 0 Å². The molecular formula is C12H20N2O4. The van der Waals surface area contributed by atoms with Crippen molar-refractivity contribution in [2.45, 2.75) is 38.6 Å². The lowest BCUT2D eigenvalue weighted by Crippen LogP contribution is -2.46. The van der Waals surface area contributed by atoms with Crippen molar-refractivity contribution in [3.63, 3.8) is 0 Å². The van der Waals surface area contributed by atoms with E-state index in [1.165, 1.54) is 14.0 Å². The molecule has 0 bridgehead atoms. The molecule has 0 spiro atoms. The van der Waals surface area contributed by atoms with Gasteiger partial charge < -0.3 is 19.7 Å². The van der Waals surface area contributed by atoms with Crippen LogP contribution in [0.5, 0.6) is 0 Å². The molecule has 6 nitrogen and oxygen atoms in total. The second-order valence-corrected chi connectivity index (χ2v) is 4.49. The number of Topliss-reactive ketones (excluding diaryl/α,β-unsaturated/α-hetero) is 1. The molecule has 6 heteroatoms. The first-order valence-corrected chi connectivity index (χ1v) is 6.14. The van der Waals surface area contributed by atoms with Crippen LogP contribution in [0.2, 0.25) is 0 Å². The number of nitrogens with zero attached hydrogens (tertiary/aromatic N) is 1. The van der Waals surface area contributed by atoms with Gasteiger partial charge in [0.05, 0.1) is 7.11 Å². The van der Waals surface area contributed by atoms with Crippen LogP contribution >= 0.6 is 0 Å². The Morgan fingerprint density at radius 2 is 1.83 bits per heavy atom. The Kier molecular flexibility index (Phi) is 5.61. The van der Waals surface area contributed by atoms with Crippen LogP contribution in [0.25, 0.3) is 0 Å². The number of methoxy groups -OCH3 is 1. The Hall–Kier alpha value is -1.59. The quantitative estimate of drug-likeness (QED) is 0.803. The van der Waals surface area contributed by atoms with E-state index in [0.29, 0.717) is 19.5 Å². The third-order valence-corrected chi connectivity index (χ3v) is 3.05. The van der Waals surface area contributed by atoms with E-state index in [9.17, 15) is 14.4 Å². The highest BCUT2D eigenvalue weighted by Gasteiger charge is 2.23. The molecule has 1 N–H and O–H groups in total. The lowest BCUT2D eigenvalue weighted by atomic mass is 10.0. The standard InChI is InChI=1S/C12H20N2O4/c1-9(15)3-4-11(16)14-7-5-10(6-8-14)13-12(17)18-2/h10H,3-8H2,1-2H3,(H,13,17). The molecule has 18 heavy (non-hydrogen) atoms. The summed E-state index contributed by atoms with van der Waals surface area (Å²) in [6, 6.07) is 0.0642. The number of likely N-dealkylation sites (tertiary alicyclic amines) is 1. The van der Waals surface area contributed by atoms with Gasteiger partial charge in [0.2, 0.25) is 5.91 Å². The maximum Gasteiger partial charge on any atom is 0.407 e. The summed E-state index contributed by atoms with van der Waals surface area (Å²) < 4.78 is 4.52. The first-order chi connectivity index (χ1) is 8.52. The van der Waals surface area contributed by atoms with Crippen molar-refractivity contribution in [3.05, 3.63) is 0 Å². The van der Waals surface area contributed by atoms with Crippen molar-refractivity contribution in [1.82, 2.24) is 10.2 Å². The second kappa shape index (κ2) is 6.98. The average molecular weight is 256 g/mol. The third kappa shape index (κ3) is 4.73. The van der Waals surface area contributed by atoms with Gasteiger partial charge in [0, 0.05) is 32.0 Å². The number of hydrogen-bond acceptors (Lipinski definition) is 4. The Balaban J connectivity index is 2.28. The molecule has 1 aliphatic heterocycles. The monoisotopic (exact) mass is 256 g/mol. The molecule has 1 aliphatic rings. The predicted molar refractivity (Wildman–Crippen MR) is 65.1 cm³/mol. The first kappa shape index (κ1) is 14.5. The number of amides is 2. The molecule has 0 unspecified atom stereocenters. The van der Waals surface area contributed by atoms with Crippen molar-refractivity contribution in [2.24, 2.45) is 0 Å². The van der Waals surface area contributed by atoms with Gasteiger partial charge >= 0.3 is 6.09 Å². The summed E-state index contributed by atoms with van der Waals surface area (Å²) >= 11 is 0. The smallest absolute Gasteiger partial charge is 0.407 e. The molecule has 0 aromatic rings. The number of carbonyl (C=O) groups excluding carboxylic acids is 3. The van der Waals surface area contributed by atoms with Gasteiger partial charge in [-0.05, 0) is 19.8 Å². The van der Waals surface area contributed by atoms with Crippen LogP contribution in [0.4, 0.5) is 4.79 Å². The van der Waals surface area contributed by atoms with E-state index in [4.69, 9.17) is 0 Å². The van der Waals surface area contributed by atoms with E-state index in [1.807, 2.05) is 0 Å². The molecule has 0 radical (unpaired) electrons. The molecular weight excluding hydrogens is 236 g/mol. The van der Waals surface area contributed by atoms with Crippen LogP contribution < -0.4 is 5.32 Å². The fourth-order valence-electron chi connectivity index (χ4n) is 1.94. The largest absolute Gasteiger partial charge is 0.453 e. The Bertz CT molecular complexity index is 322. The molecule has 0 aromatic carbocycles. The Morgan fingerprint density at radius 3 is 2.33 bits per heavy atom. The average Bonchev–Trinajstić information content (AvgIpc) is 2.36. The lowest BCUT2D eigenvalue weighted by Gasteiger charge is -2.32. The minimum absolute atomic E-state index is 0.0155. The summed E-state index contributed by atoms with van der Waals surface area (Å²) in [5.41, 5.74) is 0. The number of rotatable bonds is 4. The molecule has 1 saturated heterocycles. The minimum Gasteiger partial charge on any atom is -0.453 e. The van der Waals surface area contributed by atoms with E-state index >= 15 is 0 Å². The minimum atomic E-state index is -0.434. The van der Waals surface area contributed by atoms with Crippen molar-refractivity contribution in [3.8, 4) is 0 Å². The van der Waals surface area contributed by atoms with Gasteiger partial charge in [0.1, 0.15) is 5.78 Å². The van der Waals surface area contributed by atoms with Crippen LogP contribution in [0.1, 0.15) is 32.6 Å². The van der Waals surface area contributed by atoms with Crippen LogP contribution in [-0.2, 0) is 14.3 Å². The summed E-state index contributed by atoms with van der Waals surface area (Å²) in [7, 11) is 1.33. The topological polar surface area (TPSA) is 75.7 Å². The summed E-state index contributed by atoms with van der Waals surface area (Å²) in [5, 5.41) is 2.72. The van der Waals surface area contributed by atoms with Crippen molar-refractivity contribution in [2.75, 3.05) is 20.2 Å². The molecule has 0 aromatic heterocycles. The normalized spacial score (nSPS) is 16.2. The fourth-order valence-corrected chi connectivity index (χ4v) is 1.94. The summed E-state index contributed by atoms with van der Waals surface area (Å²) in [6.07, 6.45) is 1.60. The first-order valence-electron chi connectivity index (χ1n) is 6.14. The summed E-state index contributed by atoms with van der Waals surface area (Å²) in [5.74, 6) is 0.0484. The number of ketones is 1. The number of nitrogens with one attached hydrogen (secondary N) is 1. The Morgan fingerprint density at radius 1 is 1.22 bits per heavy atom. The SMILES string of the molecule is COC(=O)NC1CCN(C(=O)CCC(C)=O)CC1. The predicted octanol–water partition coefficient (Wildman–Crippen LogP) is 0.703. The molecule has 1 heterocycles. The van der Waals surface area contributed by atoms with Crippen LogP contribution in [-0.4, -0.2) is 48.9 Å². The third-order valence-electron chi connectivity index (χ3n) is 3.05. The van der Waals surface area contributed by atoms with Crippen LogP contribution in [0.15, 0.2) is 0 Å². The maximum atomic E-state index is 11.7. The van der Waals surface area contributed by atoms with E-state index in [-0.39, 0.29) is 24.2 Å². The summed E-state index contributed by atoms with van der Waals surface area (Å²) in [4.78, 5) is 35.3. The highest BCUT2D eigenvalue weighted by atomic mass is 16.5. The van der Waals surface area contributed by atoms with E-state index in [1.54, 1.807) is 4.90 Å². The van der Waals surface area contributed by atoms with E-state index < -0.39 is 6.09 Å². The van der Waals surface area contributed by atoms with Gasteiger partial charge in [-0.2, -0.15) is 0 Å². The van der Waals surface area contributed by atoms with Gasteiger partial charge in [-0.1, -0.05) is 0 Å². The number of alkyl carbamates (subject to hydrolysis) is 1. The molecule has 2 amide bonds.